The third-order valence-electron chi connectivity index (χ3n) is 3.39. The van der Waals surface area contributed by atoms with E-state index in [1.165, 1.54) is 12.1 Å². The van der Waals surface area contributed by atoms with Crippen LogP contribution in [-0.4, -0.2) is 53.5 Å². The predicted octanol–water partition coefficient (Wildman–Crippen LogP) is 2.21. The molecule has 2 rings (SSSR count). The van der Waals surface area contributed by atoms with Gasteiger partial charge in [-0.1, -0.05) is 18.5 Å². The Hall–Kier alpha value is -1.26. The van der Waals surface area contributed by atoms with E-state index in [0.717, 1.165) is 39.1 Å². The molecule has 1 N–H and O–H groups in total. The Labute approximate surface area is 118 Å². The van der Waals surface area contributed by atoms with E-state index < -0.39 is 0 Å². The van der Waals surface area contributed by atoms with Crippen molar-refractivity contribution < 1.29 is 9.90 Å². The van der Waals surface area contributed by atoms with Crippen LogP contribution in [0.4, 0.5) is 0 Å². The summed E-state index contributed by atoms with van der Waals surface area (Å²) in [7, 11) is 0. The van der Waals surface area contributed by atoms with E-state index in [-0.39, 0.29) is 16.7 Å². The molecule has 0 saturated carbocycles. The Morgan fingerprint density at radius 2 is 2.00 bits per heavy atom. The summed E-state index contributed by atoms with van der Waals surface area (Å²) in [5.74, 6) is -0.0102. The van der Waals surface area contributed by atoms with E-state index in [9.17, 15) is 9.90 Å². The van der Waals surface area contributed by atoms with Crippen LogP contribution in [0.15, 0.2) is 18.2 Å². The molecule has 1 amide bonds. The lowest BCUT2D eigenvalue weighted by Crippen LogP contribution is -2.48. The summed E-state index contributed by atoms with van der Waals surface area (Å²) in [6, 6.07) is 4.60. The number of halogens is 1. The molecule has 0 atom stereocenters. The largest absolute Gasteiger partial charge is 0.506 e. The number of hydrogen-bond donors (Lipinski definition) is 1. The van der Waals surface area contributed by atoms with Crippen LogP contribution in [0.5, 0.6) is 5.75 Å². The van der Waals surface area contributed by atoms with E-state index in [1.807, 2.05) is 4.90 Å². The van der Waals surface area contributed by atoms with Crippen molar-refractivity contribution in [2.75, 3.05) is 32.7 Å². The van der Waals surface area contributed by atoms with Gasteiger partial charge >= 0.3 is 0 Å². The van der Waals surface area contributed by atoms with Gasteiger partial charge in [0.2, 0.25) is 0 Å². The van der Waals surface area contributed by atoms with Crippen LogP contribution in [0, 0.1) is 0 Å². The molecular formula is C14H19ClN2O2. The molecule has 19 heavy (non-hydrogen) atoms. The van der Waals surface area contributed by atoms with Crippen molar-refractivity contribution in [3.05, 3.63) is 28.8 Å². The summed E-state index contributed by atoms with van der Waals surface area (Å²) in [5, 5.41) is 9.58. The highest BCUT2D eigenvalue weighted by molar-refractivity contribution is 6.32. The molecule has 1 aliphatic heterocycles. The monoisotopic (exact) mass is 282 g/mol. The van der Waals surface area contributed by atoms with E-state index in [1.54, 1.807) is 6.07 Å². The van der Waals surface area contributed by atoms with Gasteiger partial charge in [-0.2, -0.15) is 0 Å². The maximum atomic E-state index is 12.3. The molecule has 0 aromatic heterocycles. The summed E-state index contributed by atoms with van der Waals surface area (Å²) >= 11 is 5.83. The maximum absolute atomic E-state index is 12.3. The first-order valence-electron chi connectivity index (χ1n) is 6.62. The van der Waals surface area contributed by atoms with E-state index in [2.05, 4.69) is 11.8 Å². The lowest BCUT2D eigenvalue weighted by atomic mass is 10.1. The SMILES string of the molecule is CCCN1CCN(C(=O)c2ccc(O)c(Cl)c2)CC1. The van der Waals surface area contributed by atoms with Crippen molar-refractivity contribution in [3.63, 3.8) is 0 Å². The minimum atomic E-state index is -0.0157. The second-order valence-electron chi connectivity index (χ2n) is 4.80. The third kappa shape index (κ3) is 3.39. The molecule has 0 bridgehead atoms. The van der Waals surface area contributed by atoms with Crippen molar-refractivity contribution in [2.24, 2.45) is 0 Å². The van der Waals surface area contributed by atoms with Gasteiger partial charge in [0.25, 0.3) is 5.91 Å². The number of hydrogen-bond acceptors (Lipinski definition) is 3. The lowest BCUT2D eigenvalue weighted by Gasteiger charge is -2.34. The van der Waals surface area contributed by atoms with E-state index >= 15 is 0 Å². The van der Waals surface area contributed by atoms with Crippen molar-refractivity contribution in [1.29, 1.82) is 0 Å². The number of piperazine rings is 1. The highest BCUT2D eigenvalue weighted by atomic mass is 35.5. The first-order valence-corrected chi connectivity index (χ1v) is 6.99. The Morgan fingerprint density at radius 1 is 1.32 bits per heavy atom. The molecule has 0 radical (unpaired) electrons. The number of benzene rings is 1. The van der Waals surface area contributed by atoms with Crippen LogP contribution in [0.3, 0.4) is 0 Å². The van der Waals surface area contributed by atoms with Crippen LogP contribution < -0.4 is 0 Å². The third-order valence-corrected chi connectivity index (χ3v) is 3.70. The minimum absolute atomic E-state index is 0.00554. The van der Waals surface area contributed by atoms with Crippen molar-refractivity contribution in [3.8, 4) is 5.75 Å². The molecule has 4 nitrogen and oxygen atoms in total. The number of amides is 1. The van der Waals surface area contributed by atoms with Gasteiger partial charge in [0.15, 0.2) is 0 Å². The Balaban J connectivity index is 1.99. The van der Waals surface area contributed by atoms with Crippen LogP contribution in [-0.2, 0) is 0 Å². The van der Waals surface area contributed by atoms with Gasteiger partial charge in [-0.3, -0.25) is 9.69 Å². The van der Waals surface area contributed by atoms with Gasteiger partial charge in [0, 0.05) is 31.7 Å². The summed E-state index contributed by atoms with van der Waals surface area (Å²) in [6.45, 7) is 6.59. The fourth-order valence-electron chi connectivity index (χ4n) is 2.31. The number of carbonyl (C=O) groups is 1. The molecular weight excluding hydrogens is 264 g/mol. The zero-order valence-electron chi connectivity index (χ0n) is 11.1. The molecule has 0 spiro atoms. The van der Waals surface area contributed by atoms with Gasteiger partial charge in [-0.05, 0) is 31.2 Å². The minimum Gasteiger partial charge on any atom is -0.506 e. The average Bonchev–Trinajstić information content (AvgIpc) is 2.42. The maximum Gasteiger partial charge on any atom is 0.253 e. The standard InChI is InChI=1S/C14H19ClN2O2/c1-2-5-16-6-8-17(9-7-16)14(19)11-3-4-13(18)12(15)10-11/h3-4,10,18H,2,5-9H2,1H3. The fraction of sp³-hybridized carbons (Fsp3) is 0.500. The lowest BCUT2D eigenvalue weighted by molar-refractivity contribution is 0.0637. The molecule has 1 aromatic rings. The highest BCUT2D eigenvalue weighted by Crippen LogP contribution is 2.24. The van der Waals surface area contributed by atoms with Crippen molar-refractivity contribution in [1.82, 2.24) is 9.80 Å². The van der Waals surface area contributed by atoms with Gasteiger partial charge in [-0.15, -0.1) is 0 Å². The molecule has 0 aliphatic carbocycles. The van der Waals surface area contributed by atoms with E-state index in [4.69, 9.17) is 11.6 Å². The molecule has 1 aliphatic rings. The van der Waals surface area contributed by atoms with E-state index in [0.29, 0.717) is 5.56 Å². The number of phenolic OH excluding ortho intramolecular Hbond substituents is 1. The van der Waals surface area contributed by atoms with Gasteiger partial charge in [0.1, 0.15) is 5.75 Å². The fourth-order valence-corrected chi connectivity index (χ4v) is 2.49. The summed E-state index contributed by atoms with van der Waals surface area (Å²) in [5.41, 5.74) is 0.534. The smallest absolute Gasteiger partial charge is 0.253 e. The predicted molar refractivity (Wildman–Crippen MR) is 75.8 cm³/mol. The molecule has 1 heterocycles. The quantitative estimate of drug-likeness (QED) is 0.924. The first kappa shape index (κ1) is 14.2. The molecule has 1 aromatic carbocycles. The molecule has 1 saturated heterocycles. The van der Waals surface area contributed by atoms with Crippen LogP contribution in [0.1, 0.15) is 23.7 Å². The number of carbonyl (C=O) groups excluding carboxylic acids is 1. The highest BCUT2D eigenvalue weighted by Gasteiger charge is 2.22. The number of rotatable bonds is 3. The van der Waals surface area contributed by atoms with Crippen molar-refractivity contribution in [2.45, 2.75) is 13.3 Å². The Morgan fingerprint density at radius 3 is 2.58 bits per heavy atom. The van der Waals surface area contributed by atoms with Gasteiger partial charge < -0.3 is 10.0 Å². The second kappa shape index (κ2) is 6.26. The van der Waals surface area contributed by atoms with Gasteiger partial charge in [0.05, 0.1) is 5.02 Å². The second-order valence-corrected chi connectivity index (χ2v) is 5.21. The zero-order chi connectivity index (χ0) is 13.8. The first-order chi connectivity index (χ1) is 9.11. The topological polar surface area (TPSA) is 43.8 Å². The number of phenols is 1. The molecule has 5 heteroatoms. The van der Waals surface area contributed by atoms with Crippen LogP contribution in [0.2, 0.25) is 5.02 Å². The Kier molecular flexibility index (Phi) is 4.66. The number of aromatic hydroxyl groups is 1. The summed E-state index contributed by atoms with van der Waals surface area (Å²) < 4.78 is 0. The van der Waals surface area contributed by atoms with Crippen LogP contribution >= 0.6 is 11.6 Å². The van der Waals surface area contributed by atoms with Crippen molar-refractivity contribution >= 4 is 17.5 Å². The average molecular weight is 283 g/mol. The molecule has 104 valence electrons. The summed E-state index contributed by atoms with van der Waals surface area (Å²) in [4.78, 5) is 16.5. The van der Waals surface area contributed by atoms with Gasteiger partial charge in [-0.25, -0.2) is 0 Å². The van der Waals surface area contributed by atoms with Crippen LogP contribution in [0.25, 0.3) is 0 Å². The molecule has 0 unspecified atom stereocenters. The summed E-state index contributed by atoms with van der Waals surface area (Å²) in [6.07, 6.45) is 1.14. The molecule has 1 fully saturated rings. The normalized spacial score (nSPS) is 16.6. The number of nitrogens with zero attached hydrogens (tertiary/aromatic N) is 2. The zero-order valence-corrected chi connectivity index (χ0v) is 11.9. The Bertz CT molecular complexity index is 457.